The molecule has 0 bridgehead atoms. The maximum atomic E-state index is 13.2. The lowest BCUT2D eigenvalue weighted by Gasteiger charge is -2.15. The predicted octanol–water partition coefficient (Wildman–Crippen LogP) is 3.95. The zero-order valence-corrected chi connectivity index (χ0v) is 14.8. The molecule has 0 spiro atoms. The second-order valence-electron chi connectivity index (χ2n) is 6.21. The van der Waals surface area contributed by atoms with E-state index in [0.717, 1.165) is 4.90 Å². The van der Waals surface area contributed by atoms with Gasteiger partial charge < -0.3 is 5.32 Å². The van der Waals surface area contributed by atoms with E-state index in [1.165, 1.54) is 0 Å². The third-order valence-corrected chi connectivity index (χ3v) is 4.44. The van der Waals surface area contributed by atoms with Gasteiger partial charge in [0.1, 0.15) is 5.70 Å². The Morgan fingerprint density at radius 2 is 1.36 bits per heavy atom. The van der Waals surface area contributed by atoms with Crippen LogP contribution in [0, 0.1) is 11.3 Å². The van der Waals surface area contributed by atoms with Crippen LogP contribution in [0.5, 0.6) is 0 Å². The molecule has 134 valence electrons. The standard InChI is InChI=1S/C23H15N3O2/c24-15-16-11-13-19(14-12-16)26-22(27)20(17-7-3-1-4-8-17)21(23(26)28)25-18-9-5-2-6-10-18/h1-14,25H. The van der Waals surface area contributed by atoms with E-state index in [4.69, 9.17) is 5.26 Å². The van der Waals surface area contributed by atoms with Gasteiger partial charge in [-0.05, 0) is 42.0 Å². The van der Waals surface area contributed by atoms with E-state index in [9.17, 15) is 9.59 Å². The SMILES string of the molecule is N#Cc1ccc(N2C(=O)C(Nc3ccccc3)=C(c3ccccc3)C2=O)cc1. The number of hydrogen-bond donors (Lipinski definition) is 1. The minimum Gasteiger partial charge on any atom is -0.350 e. The highest BCUT2D eigenvalue weighted by molar-refractivity contribution is 6.46. The topological polar surface area (TPSA) is 73.2 Å². The smallest absolute Gasteiger partial charge is 0.282 e. The summed E-state index contributed by atoms with van der Waals surface area (Å²) in [6, 6.07) is 26.7. The van der Waals surface area contributed by atoms with Gasteiger partial charge >= 0.3 is 0 Å². The van der Waals surface area contributed by atoms with Gasteiger partial charge in [0, 0.05) is 5.69 Å². The van der Waals surface area contributed by atoms with E-state index in [1.54, 1.807) is 36.4 Å². The molecule has 1 N–H and O–H groups in total. The van der Waals surface area contributed by atoms with Crippen LogP contribution >= 0.6 is 0 Å². The van der Waals surface area contributed by atoms with Crippen molar-refractivity contribution in [3.05, 3.63) is 102 Å². The Balaban J connectivity index is 1.80. The highest BCUT2D eigenvalue weighted by Crippen LogP contribution is 2.33. The summed E-state index contributed by atoms with van der Waals surface area (Å²) in [6.45, 7) is 0. The molecule has 1 aliphatic heterocycles. The molecule has 4 rings (SSSR count). The first-order valence-corrected chi connectivity index (χ1v) is 8.70. The van der Waals surface area contributed by atoms with Gasteiger partial charge in [-0.25, -0.2) is 4.90 Å². The molecule has 0 atom stereocenters. The van der Waals surface area contributed by atoms with Crippen molar-refractivity contribution >= 4 is 28.8 Å². The number of anilines is 2. The van der Waals surface area contributed by atoms with Gasteiger partial charge in [-0.15, -0.1) is 0 Å². The molecule has 3 aromatic rings. The maximum absolute atomic E-state index is 13.2. The number of nitriles is 1. The summed E-state index contributed by atoms with van der Waals surface area (Å²) in [5.74, 6) is -0.836. The molecule has 0 saturated heterocycles. The number of carbonyl (C=O) groups excluding carboxylic acids is 2. The highest BCUT2D eigenvalue weighted by Gasteiger charge is 2.40. The molecular weight excluding hydrogens is 350 g/mol. The van der Waals surface area contributed by atoms with Gasteiger partial charge in [0.2, 0.25) is 0 Å². The average molecular weight is 365 g/mol. The third-order valence-electron chi connectivity index (χ3n) is 4.44. The molecule has 2 amide bonds. The molecule has 1 aliphatic rings. The second-order valence-corrected chi connectivity index (χ2v) is 6.21. The lowest BCUT2D eigenvalue weighted by molar-refractivity contribution is -0.120. The number of nitrogens with zero attached hydrogens (tertiary/aromatic N) is 2. The first-order valence-electron chi connectivity index (χ1n) is 8.70. The van der Waals surface area contributed by atoms with Crippen LogP contribution in [0.15, 0.2) is 90.6 Å². The quantitative estimate of drug-likeness (QED) is 0.711. The fourth-order valence-electron chi connectivity index (χ4n) is 3.10. The Morgan fingerprint density at radius 3 is 1.96 bits per heavy atom. The number of hydrogen-bond acceptors (Lipinski definition) is 4. The lowest BCUT2D eigenvalue weighted by atomic mass is 10.0. The normalized spacial score (nSPS) is 13.6. The van der Waals surface area contributed by atoms with E-state index in [0.29, 0.717) is 28.1 Å². The Hall–Kier alpha value is -4.17. The number of para-hydroxylation sites is 1. The molecule has 1 heterocycles. The van der Waals surface area contributed by atoms with Crippen molar-refractivity contribution in [3.8, 4) is 6.07 Å². The van der Waals surface area contributed by atoms with Crippen molar-refractivity contribution in [1.29, 1.82) is 5.26 Å². The van der Waals surface area contributed by atoms with Crippen LogP contribution in [0.2, 0.25) is 0 Å². The molecule has 0 aromatic heterocycles. The van der Waals surface area contributed by atoms with E-state index < -0.39 is 11.8 Å². The van der Waals surface area contributed by atoms with Gasteiger partial charge in [0.05, 0.1) is 22.9 Å². The third kappa shape index (κ3) is 3.04. The van der Waals surface area contributed by atoms with Crippen LogP contribution in [0.3, 0.4) is 0 Å². The lowest BCUT2D eigenvalue weighted by Crippen LogP contribution is -2.32. The zero-order chi connectivity index (χ0) is 19.5. The summed E-state index contributed by atoms with van der Waals surface area (Å²) < 4.78 is 0. The molecule has 5 nitrogen and oxygen atoms in total. The number of rotatable bonds is 4. The van der Waals surface area contributed by atoms with E-state index in [-0.39, 0.29) is 5.70 Å². The van der Waals surface area contributed by atoms with Gasteiger partial charge in [0.25, 0.3) is 11.8 Å². The average Bonchev–Trinajstić information content (AvgIpc) is 2.99. The van der Waals surface area contributed by atoms with Crippen LogP contribution < -0.4 is 10.2 Å². The number of carbonyl (C=O) groups is 2. The molecule has 0 unspecified atom stereocenters. The van der Waals surface area contributed by atoms with E-state index >= 15 is 0 Å². The van der Waals surface area contributed by atoms with Crippen LogP contribution in [0.1, 0.15) is 11.1 Å². The van der Waals surface area contributed by atoms with Gasteiger partial charge in [-0.2, -0.15) is 5.26 Å². The van der Waals surface area contributed by atoms with Crippen LogP contribution in [0.4, 0.5) is 11.4 Å². The van der Waals surface area contributed by atoms with Crippen molar-refractivity contribution in [2.45, 2.75) is 0 Å². The zero-order valence-electron chi connectivity index (χ0n) is 14.8. The molecule has 3 aromatic carbocycles. The van der Waals surface area contributed by atoms with Crippen molar-refractivity contribution in [2.24, 2.45) is 0 Å². The molecule has 0 saturated carbocycles. The number of benzene rings is 3. The molecule has 5 heteroatoms. The maximum Gasteiger partial charge on any atom is 0.282 e. The van der Waals surface area contributed by atoms with Crippen LogP contribution in [-0.2, 0) is 9.59 Å². The summed E-state index contributed by atoms with van der Waals surface area (Å²) in [7, 11) is 0. The summed E-state index contributed by atoms with van der Waals surface area (Å²) in [5.41, 5.74) is 2.81. The number of amides is 2. The van der Waals surface area contributed by atoms with Crippen LogP contribution in [-0.4, -0.2) is 11.8 Å². The van der Waals surface area contributed by atoms with Gasteiger partial charge in [0.15, 0.2) is 0 Å². The Labute approximate surface area is 162 Å². The summed E-state index contributed by atoms with van der Waals surface area (Å²) in [6.07, 6.45) is 0. The van der Waals surface area contributed by atoms with E-state index in [2.05, 4.69) is 5.32 Å². The highest BCUT2D eigenvalue weighted by atomic mass is 16.2. The fourth-order valence-corrected chi connectivity index (χ4v) is 3.10. The van der Waals surface area contributed by atoms with E-state index in [1.807, 2.05) is 54.6 Å². The Kier molecular flexibility index (Phi) is 4.45. The Morgan fingerprint density at radius 1 is 0.750 bits per heavy atom. The molecule has 0 fully saturated rings. The molecule has 0 aliphatic carbocycles. The summed E-state index contributed by atoms with van der Waals surface area (Å²) in [5, 5.41) is 12.1. The van der Waals surface area contributed by atoms with Crippen molar-refractivity contribution in [1.82, 2.24) is 0 Å². The predicted molar refractivity (Wildman–Crippen MR) is 107 cm³/mol. The largest absolute Gasteiger partial charge is 0.350 e. The molecule has 28 heavy (non-hydrogen) atoms. The fraction of sp³-hybridized carbons (Fsp3) is 0. The first-order chi connectivity index (χ1) is 13.7. The van der Waals surface area contributed by atoms with Gasteiger partial charge in [-0.3, -0.25) is 9.59 Å². The minimum atomic E-state index is -0.433. The number of imide groups is 1. The monoisotopic (exact) mass is 365 g/mol. The summed E-state index contributed by atoms with van der Waals surface area (Å²) in [4.78, 5) is 27.5. The van der Waals surface area contributed by atoms with Crippen LogP contribution in [0.25, 0.3) is 5.57 Å². The molecule has 0 radical (unpaired) electrons. The van der Waals surface area contributed by atoms with Gasteiger partial charge in [-0.1, -0.05) is 48.5 Å². The first kappa shape index (κ1) is 17.3. The Bertz CT molecular complexity index is 1110. The molecular formula is C23H15N3O2. The second kappa shape index (κ2) is 7.22. The van der Waals surface area contributed by atoms with Crippen molar-refractivity contribution in [2.75, 3.05) is 10.2 Å². The summed E-state index contributed by atoms with van der Waals surface area (Å²) >= 11 is 0. The number of nitrogens with one attached hydrogen (secondary N) is 1. The van der Waals surface area contributed by atoms with Crippen molar-refractivity contribution in [3.63, 3.8) is 0 Å². The van der Waals surface area contributed by atoms with Crippen molar-refractivity contribution < 1.29 is 9.59 Å². The minimum absolute atomic E-state index is 0.228.